The highest BCUT2D eigenvalue weighted by Crippen LogP contribution is 2.26. The van der Waals surface area contributed by atoms with E-state index >= 15 is 0 Å². The standard InChI is InChI=1S/C25H24N2O3/c1-3-17-5-12-21(13-6-17)29-16-24(28)26-20-10-8-19(9-11-20)25-27-22-15-18(4-2)7-14-23(22)30-25/h5-15H,3-4,16H2,1-2H3,(H,26,28). The number of ether oxygens (including phenoxy) is 1. The van der Waals surface area contributed by atoms with Crippen molar-refractivity contribution in [2.45, 2.75) is 26.7 Å². The highest BCUT2D eigenvalue weighted by Gasteiger charge is 2.10. The average molecular weight is 400 g/mol. The summed E-state index contributed by atoms with van der Waals surface area (Å²) in [5.74, 6) is 1.03. The number of anilines is 1. The number of oxazole rings is 1. The smallest absolute Gasteiger partial charge is 0.262 e. The molecule has 3 aromatic carbocycles. The van der Waals surface area contributed by atoms with Gasteiger partial charge in [0.1, 0.15) is 11.3 Å². The maximum atomic E-state index is 12.2. The van der Waals surface area contributed by atoms with Crippen LogP contribution in [0.4, 0.5) is 5.69 Å². The molecule has 1 N–H and O–H groups in total. The Labute approximate surface area is 175 Å². The lowest BCUT2D eigenvalue weighted by Crippen LogP contribution is -2.20. The third kappa shape index (κ3) is 4.51. The summed E-state index contributed by atoms with van der Waals surface area (Å²) in [7, 11) is 0. The van der Waals surface area contributed by atoms with Crippen LogP contribution >= 0.6 is 0 Å². The van der Waals surface area contributed by atoms with Gasteiger partial charge in [0.2, 0.25) is 5.89 Å². The SMILES string of the molecule is CCc1ccc(OCC(=O)Nc2ccc(-c3nc4cc(CC)ccc4o3)cc2)cc1. The fourth-order valence-electron chi connectivity index (χ4n) is 3.18. The van der Waals surface area contributed by atoms with E-state index in [2.05, 4.69) is 30.2 Å². The van der Waals surface area contributed by atoms with E-state index in [1.165, 1.54) is 11.1 Å². The lowest BCUT2D eigenvalue weighted by Gasteiger charge is -2.08. The summed E-state index contributed by atoms with van der Waals surface area (Å²) >= 11 is 0. The topological polar surface area (TPSA) is 64.4 Å². The molecule has 30 heavy (non-hydrogen) atoms. The van der Waals surface area contributed by atoms with Gasteiger partial charge >= 0.3 is 0 Å². The Morgan fingerprint density at radius 2 is 1.63 bits per heavy atom. The number of fused-ring (bicyclic) bond motifs is 1. The Kier molecular flexibility index (Phi) is 5.80. The third-order valence-electron chi connectivity index (χ3n) is 4.98. The van der Waals surface area contributed by atoms with Gasteiger partial charge in [0.15, 0.2) is 12.2 Å². The number of amides is 1. The predicted octanol–water partition coefficient (Wildman–Crippen LogP) is 5.64. The molecule has 1 aromatic heterocycles. The average Bonchev–Trinajstić information content (AvgIpc) is 3.22. The van der Waals surface area contributed by atoms with Crippen molar-refractivity contribution in [1.82, 2.24) is 4.98 Å². The highest BCUT2D eigenvalue weighted by molar-refractivity contribution is 5.92. The maximum Gasteiger partial charge on any atom is 0.262 e. The summed E-state index contributed by atoms with van der Waals surface area (Å²) in [5.41, 5.74) is 5.63. The van der Waals surface area contributed by atoms with E-state index in [1.54, 1.807) is 0 Å². The number of nitrogens with zero attached hydrogens (tertiary/aromatic N) is 1. The molecular weight excluding hydrogens is 376 g/mol. The molecule has 152 valence electrons. The van der Waals surface area contributed by atoms with Crippen molar-refractivity contribution < 1.29 is 13.9 Å². The molecule has 5 heteroatoms. The van der Waals surface area contributed by atoms with E-state index in [0.29, 0.717) is 17.3 Å². The second kappa shape index (κ2) is 8.82. The van der Waals surface area contributed by atoms with Crippen molar-refractivity contribution in [2.24, 2.45) is 0 Å². The van der Waals surface area contributed by atoms with Crippen molar-refractivity contribution in [2.75, 3.05) is 11.9 Å². The largest absolute Gasteiger partial charge is 0.484 e. The number of hydrogen-bond donors (Lipinski definition) is 1. The van der Waals surface area contributed by atoms with Gasteiger partial charge in [0.05, 0.1) is 0 Å². The number of aromatic nitrogens is 1. The molecule has 0 fully saturated rings. The molecule has 0 aliphatic carbocycles. The first-order valence-electron chi connectivity index (χ1n) is 10.2. The minimum atomic E-state index is -0.212. The lowest BCUT2D eigenvalue weighted by molar-refractivity contribution is -0.118. The number of carbonyl (C=O) groups excluding carboxylic acids is 1. The predicted molar refractivity (Wildman–Crippen MR) is 119 cm³/mol. The number of carbonyl (C=O) groups is 1. The second-order valence-corrected chi connectivity index (χ2v) is 7.09. The van der Waals surface area contributed by atoms with Crippen molar-refractivity contribution in [3.05, 3.63) is 77.9 Å². The minimum Gasteiger partial charge on any atom is -0.484 e. The summed E-state index contributed by atoms with van der Waals surface area (Å²) in [6.07, 6.45) is 1.93. The number of rotatable bonds is 7. The van der Waals surface area contributed by atoms with Gasteiger partial charge in [-0.05, 0) is 72.5 Å². The zero-order valence-electron chi connectivity index (χ0n) is 17.1. The lowest BCUT2D eigenvalue weighted by atomic mass is 10.1. The number of hydrogen-bond acceptors (Lipinski definition) is 4. The fourth-order valence-corrected chi connectivity index (χ4v) is 3.18. The van der Waals surface area contributed by atoms with E-state index in [-0.39, 0.29) is 12.5 Å². The molecule has 0 unspecified atom stereocenters. The summed E-state index contributed by atoms with van der Waals surface area (Å²) in [4.78, 5) is 16.8. The molecule has 0 saturated carbocycles. The molecule has 0 atom stereocenters. The Morgan fingerprint density at radius 3 is 2.33 bits per heavy atom. The first-order valence-corrected chi connectivity index (χ1v) is 10.2. The zero-order valence-corrected chi connectivity index (χ0v) is 17.1. The van der Waals surface area contributed by atoms with E-state index < -0.39 is 0 Å². The van der Waals surface area contributed by atoms with Crippen molar-refractivity contribution in [1.29, 1.82) is 0 Å². The summed E-state index contributed by atoms with van der Waals surface area (Å²) in [6, 6.07) is 21.2. The van der Waals surface area contributed by atoms with Gasteiger partial charge in [-0.25, -0.2) is 4.98 Å². The van der Waals surface area contributed by atoms with Crippen LogP contribution in [0.3, 0.4) is 0 Å². The molecule has 0 spiro atoms. The summed E-state index contributed by atoms with van der Waals surface area (Å²) in [6.45, 7) is 4.17. The van der Waals surface area contributed by atoms with E-state index in [0.717, 1.165) is 29.5 Å². The molecule has 0 radical (unpaired) electrons. The van der Waals surface area contributed by atoms with E-state index in [9.17, 15) is 4.79 Å². The molecule has 4 aromatic rings. The molecule has 0 saturated heterocycles. The molecule has 0 aliphatic heterocycles. The Balaban J connectivity index is 1.37. The molecule has 1 heterocycles. The molecule has 1 amide bonds. The van der Waals surface area contributed by atoms with Crippen LogP contribution in [0.1, 0.15) is 25.0 Å². The van der Waals surface area contributed by atoms with Crippen molar-refractivity contribution in [3.8, 4) is 17.2 Å². The van der Waals surface area contributed by atoms with Crippen LogP contribution in [0.15, 0.2) is 71.1 Å². The quantitative estimate of drug-likeness (QED) is 0.436. The number of nitrogens with one attached hydrogen (secondary N) is 1. The number of benzene rings is 3. The molecule has 0 bridgehead atoms. The van der Waals surface area contributed by atoms with Crippen LogP contribution in [0.2, 0.25) is 0 Å². The Morgan fingerprint density at radius 1 is 0.933 bits per heavy atom. The van der Waals surface area contributed by atoms with Crippen molar-refractivity contribution >= 4 is 22.7 Å². The molecule has 4 rings (SSSR count). The normalized spacial score (nSPS) is 10.9. The van der Waals surface area contributed by atoms with Crippen LogP contribution in [0.25, 0.3) is 22.6 Å². The van der Waals surface area contributed by atoms with E-state index in [4.69, 9.17) is 9.15 Å². The first-order chi connectivity index (χ1) is 14.6. The summed E-state index contributed by atoms with van der Waals surface area (Å²) < 4.78 is 11.4. The van der Waals surface area contributed by atoms with Gasteiger partial charge in [-0.2, -0.15) is 0 Å². The fraction of sp³-hybridized carbons (Fsp3) is 0.200. The van der Waals surface area contributed by atoms with Gasteiger partial charge < -0.3 is 14.5 Å². The first kappa shape index (κ1) is 19.7. The van der Waals surface area contributed by atoms with Crippen LogP contribution in [-0.2, 0) is 17.6 Å². The van der Waals surface area contributed by atoms with E-state index in [1.807, 2.05) is 60.7 Å². The van der Waals surface area contributed by atoms with Crippen LogP contribution in [-0.4, -0.2) is 17.5 Å². The summed E-state index contributed by atoms with van der Waals surface area (Å²) in [5, 5.41) is 2.84. The Hall–Kier alpha value is -3.60. The minimum absolute atomic E-state index is 0.0435. The van der Waals surface area contributed by atoms with Crippen LogP contribution < -0.4 is 10.1 Å². The van der Waals surface area contributed by atoms with Gasteiger partial charge in [0.25, 0.3) is 5.91 Å². The molecule has 5 nitrogen and oxygen atoms in total. The van der Waals surface area contributed by atoms with Gasteiger partial charge in [-0.3, -0.25) is 4.79 Å². The monoisotopic (exact) mass is 400 g/mol. The van der Waals surface area contributed by atoms with Gasteiger partial charge in [0, 0.05) is 11.3 Å². The molecular formula is C25H24N2O3. The van der Waals surface area contributed by atoms with Crippen LogP contribution in [0, 0.1) is 0 Å². The Bertz CT molecular complexity index is 1150. The van der Waals surface area contributed by atoms with Crippen LogP contribution in [0.5, 0.6) is 5.75 Å². The molecule has 0 aliphatic rings. The number of aryl methyl sites for hydroxylation is 2. The highest BCUT2D eigenvalue weighted by atomic mass is 16.5. The third-order valence-corrected chi connectivity index (χ3v) is 4.98. The zero-order chi connectivity index (χ0) is 20.9. The van der Waals surface area contributed by atoms with Gasteiger partial charge in [-0.15, -0.1) is 0 Å². The van der Waals surface area contributed by atoms with Gasteiger partial charge in [-0.1, -0.05) is 32.0 Å². The second-order valence-electron chi connectivity index (χ2n) is 7.09. The van der Waals surface area contributed by atoms with Crippen molar-refractivity contribution in [3.63, 3.8) is 0 Å². The maximum absolute atomic E-state index is 12.2.